The molecule has 1 radical (unpaired) electrons. The Kier molecular flexibility index (Phi) is 4.29. The van der Waals surface area contributed by atoms with Crippen LogP contribution in [0.15, 0.2) is 30.3 Å². The van der Waals surface area contributed by atoms with E-state index < -0.39 is 0 Å². The van der Waals surface area contributed by atoms with Crippen LogP contribution in [0.25, 0.3) is 0 Å². The van der Waals surface area contributed by atoms with Crippen LogP contribution in [-0.4, -0.2) is 21.6 Å². The van der Waals surface area contributed by atoms with E-state index in [0.717, 1.165) is 11.7 Å². The third-order valence-electron chi connectivity index (χ3n) is 1.30. The first-order chi connectivity index (χ1) is 5.43. The second-order valence-electron chi connectivity index (χ2n) is 2.22. The SMILES string of the molecule is [O]CCC[Se]c1ccccc1. The van der Waals surface area contributed by atoms with Crippen LogP contribution in [0, 0.1) is 0 Å². The first-order valence-electron chi connectivity index (χ1n) is 3.69. The van der Waals surface area contributed by atoms with Gasteiger partial charge in [-0.15, -0.1) is 0 Å². The maximum absolute atomic E-state index is 10.1. The molecule has 0 aliphatic rings. The predicted molar refractivity (Wildman–Crippen MR) is 46.8 cm³/mol. The quantitative estimate of drug-likeness (QED) is 0.531. The van der Waals surface area contributed by atoms with Gasteiger partial charge in [0.2, 0.25) is 0 Å². The van der Waals surface area contributed by atoms with E-state index in [4.69, 9.17) is 0 Å². The van der Waals surface area contributed by atoms with Crippen molar-refractivity contribution >= 4 is 19.4 Å². The van der Waals surface area contributed by atoms with E-state index in [-0.39, 0.29) is 6.61 Å². The second kappa shape index (κ2) is 5.36. The average Bonchev–Trinajstić information content (AvgIpc) is 2.07. The van der Waals surface area contributed by atoms with E-state index in [1.165, 1.54) is 4.46 Å². The number of benzene rings is 1. The van der Waals surface area contributed by atoms with Gasteiger partial charge in [-0.3, -0.25) is 0 Å². The summed E-state index contributed by atoms with van der Waals surface area (Å²) in [6.07, 6.45) is 0.828. The summed E-state index contributed by atoms with van der Waals surface area (Å²) >= 11 is 0.520. The van der Waals surface area contributed by atoms with Crippen molar-refractivity contribution in [1.29, 1.82) is 0 Å². The van der Waals surface area contributed by atoms with Crippen molar-refractivity contribution in [2.24, 2.45) is 0 Å². The van der Waals surface area contributed by atoms with E-state index in [0.29, 0.717) is 15.0 Å². The molecule has 0 fully saturated rings. The fourth-order valence-corrected chi connectivity index (χ4v) is 2.54. The molecule has 0 spiro atoms. The Morgan fingerprint density at radius 1 is 1.18 bits per heavy atom. The van der Waals surface area contributed by atoms with Crippen LogP contribution in [0.1, 0.15) is 6.42 Å². The fraction of sp³-hybridized carbons (Fsp3) is 0.333. The van der Waals surface area contributed by atoms with Crippen molar-refractivity contribution in [3.05, 3.63) is 30.3 Å². The first-order valence-corrected chi connectivity index (χ1v) is 5.76. The van der Waals surface area contributed by atoms with Crippen molar-refractivity contribution in [3.63, 3.8) is 0 Å². The molecule has 0 aliphatic heterocycles. The van der Waals surface area contributed by atoms with Crippen LogP contribution in [0.3, 0.4) is 0 Å². The van der Waals surface area contributed by atoms with Gasteiger partial charge in [0.25, 0.3) is 0 Å². The molecule has 0 saturated carbocycles. The maximum atomic E-state index is 10.1. The van der Waals surface area contributed by atoms with Gasteiger partial charge < -0.3 is 0 Å². The molecule has 0 atom stereocenters. The Bertz CT molecular complexity index is 186. The summed E-state index contributed by atoms with van der Waals surface area (Å²) in [6, 6.07) is 10.4. The number of hydrogen-bond acceptors (Lipinski definition) is 0. The minimum absolute atomic E-state index is 0.0780. The summed E-state index contributed by atoms with van der Waals surface area (Å²) in [4.78, 5) is 0. The molecule has 2 heteroatoms. The molecule has 0 amide bonds. The number of rotatable bonds is 4. The van der Waals surface area contributed by atoms with Gasteiger partial charge in [0.05, 0.1) is 0 Å². The van der Waals surface area contributed by atoms with Crippen LogP contribution in [0.5, 0.6) is 0 Å². The minimum atomic E-state index is 0.0780. The zero-order valence-electron chi connectivity index (χ0n) is 6.32. The number of hydrogen-bond donors (Lipinski definition) is 0. The third kappa shape index (κ3) is 3.57. The van der Waals surface area contributed by atoms with Crippen LogP contribution in [0.4, 0.5) is 0 Å². The van der Waals surface area contributed by atoms with Gasteiger partial charge in [-0.1, -0.05) is 0 Å². The molecule has 1 nitrogen and oxygen atoms in total. The molecule has 1 rings (SSSR count). The molecule has 1 aromatic carbocycles. The van der Waals surface area contributed by atoms with Crippen molar-refractivity contribution < 1.29 is 5.11 Å². The van der Waals surface area contributed by atoms with Gasteiger partial charge >= 0.3 is 73.2 Å². The summed E-state index contributed by atoms with van der Waals surface area (Å²) in [5.74, 6) is 0. The molecule has 0 saturated heterocycles. The van der Waals surface area contributed by atoms with E-state index in [1.807, 2.05) is 18.2 Å². The molecule has 0 aliphatic carbocycles. The van der Waals surface area contributed by atoms with Gasteiger partial charge in [0, 0.05) is 0 Å². The Labute approximate surface area is 73.6 Å². The molecule has 1 aromatic rings. The molecular weight excluding hydrogens is 203 g/mol. The molecule has 59 valence electrons. The van der Waals surface area contributed by atoms with Crippen molar-refractivity contribution in [2.75, 3.05) is 6.61 Å². The summed E-state index contributed by atoms with van der Waals surface area (Å²) in [5, 5.41) is 11.2. The summed E-state index contributed by atoms with van der Waals surface area (Å²) in [7, 11) is 0. The van der Waals surface area contributed by atoms with Crippen LogP contribution in [0.2, 0.25) is 5.32 Å². The topological polar surface area (TPSA) is 19.9 Å². The van der Waals surface area contributed by atoms with E-state index in [9.17, 15) is 5.11 Å². The standard InChI is InChI=1S/C9H11OSe/c10-7-4-8-11-9-5-2-1-3-6-9/h1-3,5-6H,4,7-8H2. The van der Waals surface area contributed by atoms with Gasteiger partial charge in [-0.2, -0.15) is 0 Å². The Morgan fingerprint density at radius 3 is 2.55 bits per heavy atom. The first kappa shape index (κ1) is 8.79. The molecular formula is C9H11OSe. The zero-order chi connectivity index (χ0) is 7.94. The van der Waals surface area contributed by atoms with Crippen molar-refractivity contribution in [2.45, 2.75) is 11.7 Å². The Hall–Kier alpha value is -0.301. The monoisotopic (exact) mass is 215 g/mol. The van der Waals surface area contributed by atoms with Crippen molar-refractivity contribution in [1.82, 2.24) is 0 Å². The predicted octanol–water partition coefficient (Wildman–Crippen LogP) is 1.25. The van der Waals surface area contributed by atoms with E-state index in [1.54, 1.807) is 0 Å². The van der Waals surface area contributed by atoms with Crippen molar-refractivity contribution in [3.8, 4) is 0 Å². The van der Waals surface area contributed by atoms with Gasteiger partial charge in [-0.05, 0) is 0 Å². The second-order valence-corrected chi connectivity index (χ2v) is 4.67. The van der Waals surface area contributed by atoms with E-state index in [2.05, 4.69) is 12.1 Å². The van der Waals surface area contributed by atoms with Gasteiger partial charge in [0.15, 0.2) is 0 Å². The van der Waals surface area contributed by atoms with E-state index >= 15 is 0 Å². The molecule has 11 heavy (non-hydrogen) atoms. The Balaban J connectivity index is 2.28. The molecule has 0 unspecified atom stereocenters. The van der Waals surface area contributed by atoms with Gasteiger partial charge in [0.1, 0.15) is 0 Å². The van der Waals surface area contributed by atoms with Crippen LogP contribution in [-0.2, 0) is 5.11 Å². The van der Waals surface area contributed by atoms with Crippen LogP contribution < -0.4 is 4.46 Å². The average molecular weight is 214 g/mol. The fourth-order valence-electron chi connectivity index (χ4n) is 0.766. The Morgan fingerprint density at radius 2 is 1.91 bits per heavy atom. The molecule has 0 bridgehead atoms. The molecule has 0 heterocycles. The molecule has 0 N–H and O–H groups in total. The summed E-state index contributed by atoms with van der Waals surface area (Å²) in [6.45, 7) is 0.0780. The van der Waals surface area contributed by atoms with Gasteiger partial charge in [-0.25, -0.2) is 0 Å². The third-order valence-corrected chi connectivity index (χ3v) is 3.60. The summed E-state index contributed by atoms with van der Waals surface area (Å²) < 4.78 is 1.40. The normalized spacial score (nSPS) is 9.91. The summed E-state index contributed by atoms with van der Waals surface area (Å²) in [5.41, 5.74) is 0. The van der Waals surface area contributed by atoms with Crippen LogP contribution >= 0.6 is 0 Å². The zero-order valence-corrected chi connectivity index (χ0v) is 8.04. The molecule has 0 aromatic heterocycles.